The van der Waals surface area contributed by atoms with Gasteiger partial charge in [-0.3, -0.25) is 4.79 Å². The molecule has 1 atom stereocenters. The van der Waals surface area contributed by atoms with Crippen molar-refractivity contribution in [2.75, 3.05) is 11.6 Å². The molecule has 7 heteroatoms. The first-order valence-corrected chi connectivity index (χ1v) is 12.0. The number of nitrogens with one attached hydrogen (secondary N) is 2. The molecule has 0 aliphatic rings. The van der Waals surface area contributed by atoms with E-state index in [0.717, 1.165) is 16.9 Å². The predicted molar refractivity (Wildman–Crippen MR) is 116 cm³/mol. The minimum atomic E-state index is -3.74. The van der Waals surface area contributed by atoms with Crippen LogP contribution in [0.1, 0.15) is 44.9 Å². The highest BCUT2D eigenvalue weighted by Gasteiger charge is 2.20. The summed E-state index contributed by atoms with van der Waals surface area (Å²) in [6.07, 6.45) is 2.82. The third kappa shape index (κ3) is 5.59. The Bertz CT molecular complexity index is 923. The zero-order valence-corrected chi connectivity index (χ0v) is 18.6. The molecule has 5 nitrogen and oxygen atoms in total. The minimum Gasteiger partial charge on any atom is -0.325 e. The van der Waals surface area contributed by atoms with Gasteiger partial charge in [-0.2, -0.15) is 0 Å². The molecule has 0 heterocycles. The van der Waals surface area contributed by atoms with E-state index in [9.17, 15) is 13.2 Å². The molecule has 1 amide bonds. The Kier molecular flexibility index (Phi) is 7.69. The topological polar surface area (TPSA) is 75.3 Å². The first kappa shape index (κ1) is 22.5. The molecule has 0 radical (unpaired) electrons. The summed E-state index contributed by atoms with van der Waals surface area (Å²) >= 11 is 1.45. The molecule has 152 valence electrons. The zero-order valence-electron chi connectivity index (χ0n) is 16.9. The number of carbonyl (C=O) groups is 1. The van der Waals surface area contributed by atoms with Crippen molar-refractivity contribution in [1.29, 1.82) is 0 Å². The van der Waals surface area contributed by atoms with E-state index >= 15 is 0 Å². The molecule has 2 rings (SSSR count). The van der Waals surface area contributed by atoms with Crippen molar-refractivity contribution in [1.82, 2.24) is 4.72 Å². The van der Waals surface area contributed by atoms with E-state index in [2.05, 4.69) is 17.0 Å². The van der Waals surface area contributed by atoms with Crippen molar-refractivity contribution in [3.8, 4) is 0 Å². The number of aryl methyl sites for hydroxylation is 1. The average molecular weight is 421 g/mol. The monoisotopic (exact) mass is 420 g/mol. The van der Waals surface area contributed by atoms with E-state index in [1.807, 2.05) is 37.4 Å². The van der Waals surface area contributed by atoms with Crippen molar-refractivity contribution in [3.63, 3.8) is 0 Å². The lowest BCUT2D eigenvalue weighted by Gasteiger charge is -2.17. The van der Waals surface area contributed by atoms with Crippen LogP contribution in [0.25, 0.3) is 0 Å². The third-order valence-electron chi connectivity index (χ3n) is 4.48. The van der Waals surface area contributed by atoms with Crippen molar-refractivity contribution >= 4 is 33.4 Å². The van der Waals surface area contributed by atoms with Gasteiger partial charge in [-0.1, -0.05) is 45.0 Å². The van der Waals surface area contributed by atoms with E-state index in [1.165, 1.54) is 23.4 Å². The molecule has 0 aliphatic heterocycles. The second-order valence-corrected chi connectivity index (χ2v) is 9.51. The van der Waals surface area contributed by atoms with Crippen LogP contribution in [0, 0.1) is 5.92 Å². The summed E-state index contributed by atoms with van der Waals surface area (Å²) in [4.78, 5) is 13.0. The molecule has 0 spiro atoms. The van der Waals surface area contributed by atoms with Crippen LogP contribution in [-0.2, 0) is 21.2 Å². The second-order valence-electron chi connectivity index (χ2n) is 6.94. The van der Waals surface area contributed by atoms with Crippen molar-refractivity contribution in [2.45, 2.75) is 49.9 Å². The second kappa shape index (κ2) is 9.58. The van der Waals surface area contributed by atoms with Crippen molar-refractivity contribution < 1.29 is 13.2 Å². The Balaban J connectivity index is 2.27. The number of rotatable bonds is 8. The van der Waals surface area contributed by atoms with Gasteiger partial charge in [0.2, 0.25) is 15.9 Å². The Morgan fingerprint density at radius 2 is 1.71 bits per heavy atom. The lowest BCUT2D eigenvalue weighted by molar-refractivity contribution is -0.118. The first-order valence-electron chi connectivity index (χ1n) is 9.28. The number of carbonyl (C=O) groups excluding carboxylic acids is 1. The van der Waals surface area contributed by atoms with E-state index < -0.39 is 10.0 Å². The van der Waals surface area contributed by atoms with Crippen LogP contribution in [0.15, 0.2) is 52.3 Å². The van der Waals surface area contributed by atoms with E-state index in [0.29, 0.717) is 5.69 Å². The Morgan fingerprint density at radius 1 is 1.07 bits per heavy atom. The van der Waals surface area contributed by atoms with Crippen LogP contribution < -0.4 is 10.0 Å². The molecule has 2 N–H and O–H groups in total. The molecule has 0 bridgehead atoms. The molecule has 0 fully saturated rings. The van der Waals surface area contributed by atoms with Crippen LogP contribution in [0.5, 0.6) is 0 Å². The maximum atomic E-state index is 12.9. The maximum Gasteiger partial charge on any atom is 0.241 e. The number of thioether (sulfide) groups is 1. The molecule has 0 aromatic heterocycles. The maximum absolute atomic E-state index is 12.9. The molecular weight excluding hydrogens is 392 g/mol. The SMILES string of the molecule is CCc1ccc(C(C)NS(=O)(=O)c2ccc(SC)c(NC(=O)C(C)C)c2)cc1. The molecule has 1 unspecified atom stereocenters. The van der Waals surface area contributed by atoms with Gasteiger partial charge in [-0.15, -0.1) is 11.8 Å². The molecular formula is C21H28N2O3S2. The van der Waals surface area contributed by atoms with Gasteiger partial charge in [-0.25, -0.2) is 13.1 Å². The summed E-state index contributed by atoms with van der Waals surface area (Å²) in [5, 5.41) is 2.82. The summed E-state index contributed by atoms with van der Waals surface area (Å²) in [6, 6.07) is 12.3. The van der Waals surface area contributed by atoms with Crippen molar-refractivity contribution in [2.24, 2.45) is 5.92 Å². The van der Waals surface area contributed by atoms with Gasteiger partial charge in [0.15, 0.2) is 0 Å². The fourth-order valence-electron chi connectivity index (χ4n) is 2.64. The fourth-order valence-corrected chi connectivity index (χ4v) is 4.43. The minimum absolute atomic E-state index is 0.126. The van der Waals surface area contributed by atoms with Crippen LogP contribution in [0.3, 0.4) is 0 Å². The van der Waals surface area contributed by atoms with Gasteiger partial charge >= 0.3 is 0 Å². The van der Waals surface area contributed by atoms with Crippen molar-refractivity contribution in [3.05, 3.63) is 53.6 Å². The van der Waals surface area contributed by atoms with Gasteiger partial charge in [0.25, 0.3) is 0 Å². The average Bonchev–Trinajstić information content (AvgIpc) is 2.67. The summed E-state index contributed by atoms with van der Waals surface area (Å²) in [5.41, 5.74) is 2.61. The summed E-state index contributed by atoms with van der Waals surface area (Å²) in [5.74, 6) is -0.346. The lowest BCUT2D eigenvalue weighted by Crippen LogP contribution is -2.27. The van der Waals surface area contributed by atoms with E-state index in [-0.39, 0.29) is 22.8 Å². The fraction of sp³-hybridized carbons (Fsp3) is 0.381. The number of amides is 1. The third-order valence-corrected chi connectivity index (χ3v) is 6.82. The predicted octanol–water partition coefficient (Wildman–Crippen LogP) is 4.60. The molecule has 28 heavy (non-hydrogen) atoms. The number of hydrogen-bond acceptors (Lipinski definition) is 4. The molecule has 2 aromatic carbocycles. The van der Waals surface area contributed by atoms with E-state index in [4.69, 9.17) is 0 Å². The van der Waals surface area contributed by atoms with E-state index in [1.54, 1.807) is 26.0 Å². The lowest BCUT2D eigenvalue weighted by atomic mass is 10.1. The van der Waals surface area contributed by atoms with Gasteiger partial charge < -0.3 is 5.32 Å². The molecule has 2 aromatic rings. The summed E-state index contributed by atoms with van der Waals surface area (Å²) in [7, 11) is -3.74. The number of benzene rings is 2. The smallest absolute Gasteiger partial charge is 0.241 e. The van der Waals surface area contributed by atoms with Gasteiger partial charge in [0, 0.05) is 16.9 Å². The van der Waals surface area contributed by atoms with Gasteiger partial charge in [-0.05, 0) is 48.9 Å². The zero-order chi connectivity index (χ0) is 20.9. The van der Waals surface area contributed by atoms with Crippen LogP contribution >= 0.6 is 11.8 Å². The Labute approximate surface area is 172 Å². The van der Waals surface area contributed by atoms with Gasteiger partial charge in [0.1, 0.15) is 0 Å². The van der Waals surface area contributed by atoms with Crippen LogP contribution in [0.2, 0.25) is 0 Å². The Hall–Kier alpha value is -1.83. The highest BCUT2D eigenvalue weighted by atomic mass is 32.2. The Morgan fingerprint density at radius 3 is 2.25 bits per heavy atom. The summed E-state index contributed by atoms with van der Waals surface area (Å²) < 4.78 is 28.5. The highest BCUT2D eigenvalue weighted by molar-refractivity contribution is 7.98. The molecule has 0 aliphatic carbocycles. The van der Waals surface area contributed by atoms with Crippen LogP contribution in [-0.4, -0.2) is 20.6 Å². The number of hydrogen-bond donors (Lipinski definition) is 2. The largest absolute Gasteiger partial charge is 0.325 e. The molecule has 0 saturated heterocycles. The van der Waals surface area contributed by atoms with Crippen LogP contribution in [0.4, 0.5) is 5.69 Å². The first-order chi connectivity index (χ1) is 13.2. The quantitative estimate of drug-likeness (QED) is 0.612. The molecule has 0 saturated carbocycles. The summed E-state index contributed by atoms with van der Waals surface area (Å²) in [6.45, 7) is 7.48. The normalized spacial score (nSPS) is 12.8. The number of anilines is 1. The highest BCUT2D eigenvalue weighted by Crippen LogP contribution is 2.29. The standard InChI is InChI=1S/C21H28N2O3S2/c1-6-16-7-9-17(10-8-16)15(4)23-28(25,26)18-11-12-20(27-5)19(13-18)22-21(24)14(2)3/h7-15,23H,6H2,1-5H3,(H,22,24). The number of sulfonamides is 1. The van der Waals surface area contributed by atoms with Gasteiger partial charge in [0.05, 0.1) is 10.6 Å².